The first-order chi connectivity index (χ1) is 10.3. The van der Waals surface area contributed by atoms with E-state index >= 15 is 0 Å². The van der Waals surface area contributed by atoms with E-state index in [0.29, 0.717) is 18.4 Å². The van der Waals surface area contributed by atoms with Gasteiger partial charge in [0.2, 0.25) is 0 Å². The number of thiazole rings is 1. The zero-order valence-corrected chi connectivity index (χ0v) is 13.3. The SMILES string of the molecule is ClCc1csc(-c2cccc(COCC3CCOC3)c2)n1. The normalized spacial score (nSPS) is 18.2. The summed E-state index contributed by atoms with van der Waals surface area (Å²) in [7, 11) is 0. The zero-order valence-electron chi connectivity index (χ0n) is 11.8. The third-order valence-corrected chi connectivity index (χ3v) is 4.72. The number of ether oxygens (including phenoxy) is 2. The molecule has 0 amide bonds. The molecule has 1 aliphatic rings. The predicted molar refractivity (Wildman–Crippen MR) is 85.7 cm³/mol. The first-order valence-electron chi connectivity index (χ1n) is 7.10. The van der Waals surface area contributed by atoms with E-state index in [0.717, 1.165) is 42.5 Å². The van der Waals surface area contributed by atoms with Gasteiger partial charge in [-0.1, -0.05) is 18.2 Å². The Kier molecular flexibility index (Phi) is 5.25. The molecule has 0 radical (unpaired) electrons. The molecule has 1 aliphatic heterocycles. The Bertz CT molecular complexity index is 581. The minimum Gasteiger partial charge on any atom is -0.381 e. The molecule has 1 saturated heterocycles. The van der Waals surface area contributed by atoms with Crippen molar-refractivity contribution in [1.29, 1.82) is 0 Å². The van der Waals surface area contributed by atoms with Gasteiger partial charge in [0.05, 0.1) is 31.4 Å². The summed E-state index contributed by atoms with van der Waals surface area (Å²) in [4.78, 5) is 4.51. The van der Waals surface area contributed by atoms with Gasteiger partial charge >= 0.3 is 0 Å². The summed E-state index contributed by atoms with van der Waals surface area (Å²) in [5, 5.41) is 3.02. The van der Waals surface area contributed by atoms with Crippen LogP contribution in [0.2, 0.25) is 0 Å². The average Bonchev–Trinajstić information content (AvgIpc) is 3.19. The monoisotopic (exact) mass is 323 g/mol. The van der Waals surface area contributed by atoms with Crippen molar-refractivity contribution in [3.05, 3.63) is 40.9 Å². The smallest absolute Gasteiger partial charge is 0.123 e. The van der Waals surface area contributed by atoms with E-state index in [1.54, 1.807) is 11.3 Å². The van der Waals surface area contributed by atoms with Crippen LogP contribution in [0.3, 0.4) is 0 Å². The molecule has 1 aromatic carbocycles. The van der Waals surface area contributed by atoms with Crippen molar-refractivity contribution in [2.24, 2.45) is 5.92 Å². The molecule has 0 saturated carbocycles. The van der Waals surface area contributed by atoms with Gasteiger partial charge in [-0.05, 0) is 18.1 Å². The average molecular weight is 324 g/mol. The molecule has 0 bridgehead atoms. The van der Waals surface area contributed by atoms with Gasteiger partial charge in [0, 0.05) is 23.5 Å². The Balaban J connectivity index is 1.59. The molecule has 2 aromatic rings. The van der Waals surface area contributed by atoms with Gasteiger partial charge in [0.25, 0.3) is 0 Å². The number of halogens is 1. The summed E-state index contributed by atoms with van der Waals surface area (Å²) in [6.45, 7) is 3.12. The van der Waals surface area contributed by atoms with Crippen LogP contribution < -0.4 is 0 Å². The molecule has 5 heteroatoms. The van der Waals surface area contributed by atoms with Crippen LogP contribution in [-0.4, -0.2) is 24.8 Å². The summed E-state index contributed by atoms with van der Waals surface area (Å²) in [6, 6.07) is 8.35. The number of hydrogen-bond acceptors (Lipinski definition) is 4. The summed E-state index contributed by atoms with van der Waals surface area (Å²) < 4.78 is 11.2. The van der Waals surface area contributed by atoms with Gasteiger partial charge < -0.3 is 9.47 Å². The lowest BCUT2D eigenvalue weighted by atomic mass is 10.1. The Hall–Kier alpha value is -0.940. The van der Waals surface area contributed by atoms with Crippen LogP contribution in [-0.2, 0) is 22.0 Å². The fourth-order valence-electron chi connectivity index (χ4n) is 2.35. The predicted octanol–water partition coefficient (Wildman–Crippen LogP) is 4.10. The lowest BCUT2D eigenvalue weighted by Gasteiger charge is -2.09. The minimum atomic E-state index is 0.461. The van der Waals surface area contributed by atoms with Gasteiger partial charge in [-0.3, -0.25) is 0 Å². The summed E-state index contributed by atoms with van der Waals surface area (Å²) >= 11 is 7.43. The lowest BCUT2D eigenvalue weighted by molar-refractivity contribution is 0.0791. The lowest BCUT2D eigenvalue weighted by Crippen LogP contribution is -2.09. The third-order valence-electron chi connectivity index (χ3n) is 3.51. The van der Waals surface area contributed by atoms with Crippen LogP contribution >= 0.6 is 22.9 Å². The fourth-order valence-corrected chi connectivity index (χ4v) is 3.40. The van der Waals surface area contributed by atoms with Crippen molar-refractivity contribution >= 4 is 22.9 Å². The van der Waals surface area contributed by atoms with Crippen molar-refractivity contribution < 1.29 is 9.47 Å². The van der Waals surface area contributed by atoms with Crippen LogP contribution in [0, 0.1) is 5.92 Å². The molecule has 3 rings (SSSR count). The van der Waals surface area contributed by atoms with Gasteiger partial charge in [-0.15, -0.1) is 22.9 Å². The van der Waals surface area contributed by atoms with Crippen LogP contribution in [0.4, 0.5) is 0 Å². The molecular weight excluding hydrogens is 306 g/mol. The Morgan fingerprint density at radius 3 is 3.14 bits per heavy atom. The first kappa shape index (κ1) is 15.0. The second kappa shape index (κ2) is 7.36. The molecule has 2 heterocycles. The molecular formula is C16H18ClNO2S. The highest BCUT2D eigenvalue weighted by Crippen LogP contribution is 2.25. The molecule has 0 aliphatic carbocycles. The van der Waals surface area contributed by atoms with Crippen LogP contribution in [0.1, 0.15) is 17.7 Å². The Labute approximate surface area is 133 Å². The number of benzene rings is 1. The number of hydrogen-bond donors (Lipinski definition) is 0. The third kappa shape index (κ3) is 4.04. The van der Waals surface area contributed by atoms with Gasteiger partial charge in [-0.2, -0.15) is 0 Å². The van der Waals surface area contributed by atoms with Crippen molar-refractivity contribution in [2.75, 3.05) is 19.8 Å². The summed E-state index contributed by atoms with van der Waals surface area (Å²) in [6.07, 6.45) is 1.11. The first-order valence-corrected chi connectivity index (χ1v) is 8.52. The fraction of sp³-hybridized carbons (Fsp3) is 0.438. The molecule has 1 atom stereocenters. The molecule has 1 aromatic heterocycles. The quantitative estimate of drug-likeness (QED) is 0.750. The molecule has 21 heavy (non-hydrogen) atoms. The zero-order chi connectivity index (χ0) is 14.5. The number of aromatic nitrogens is 1. The van der Waals surface area contributed by atoms with E-state index in [4.69, 9.17) is 21.1 Å². The summed E-state index contributed by atoms with van der Waals surface area (Å²) in [5.74, 6) is 1.02. The van der Waals surface area contributed by atoms with Crippen molar-refractivity contribution in [3.8, 4) is 10.6 Å². The van der Waals surface area contributed by atoms with Crippen LogP contribution in [0.25, 0.3) is 10.6 Å². The maximum Gasteiger partial charge on any atom is 0.123 e. The summed E-state index contributed by atoms with van der Waals surface area (Å²) in [5.41, 5.74) is 3.23. The van der Waals surface area contributed by atoms with E-state index in [-0.39, 0.29) is 0 Å². The Morgan fingerprint density at radius 1 is 1.43 bits per heavy atom. The van der Waals surface area contributed by atoms with Gasteiger partial charge in [0.15, 0.2) is 0 Å². The standard InChI is InChI=1S/C16H18ClNO2S/c17-7-15-11-21-16(18-15)14-3-1-2-12(6-14)8-20-10-13-4-5-19-9-13/h1-3,6,11,13H,4-5,7-10H2. The highest BCUT2D eigenvalue weighted by atomic mass is 35.5. The maximum atomic E-state index is 5.80. The van der Waals surface area contributed by atoms with Crippen LogP contribution in [0.5, 0.6) is 0 Å². The van der Waals surface area contributed by atoms with Crippen LogP contribution in [0.15, 0.2) is 29.6 Å². The number of rotatable bonds is 6. The molecule has 0 N–H and O–H groups in total. The molecule has 1 unspecified atom stereocenters. The number of alkyl halides is 1. The van der Waals surface area contributed by atoms with E-state index in [9.17, 15) is 0 Å². The van der Waals surface area contributed by atoms with Crippen molar-refractivity contribution in [2.45, 2.75) is 18.9 Å². The maximum absolute atomic E-state index is 5.80. The molecule has 0 spiro atoms. The Morgan fingerprint density at radius 2 is 2.38 bits per heavy atom. The van der Waals surface area contributed by atoms with E-state index in [2.05, 4.69) is 29.2 Å². The topological polar surface area (TPSA) is 31.4 Å². The molecule has 3 nitrogen and oxygen atoms in total. The van der Waals surface area contributed by atoms with E-state index in [1.165, 1.54) is 5.56 Å². The van der Waals surface area contributed by atoms with E-state index in [1.807, 2.05) is 5.38 Å². The highest BCUT2D eigenvalue weighted by molar-refractivity contribution is 7.13. The minimum absolute atomic E-state index is 0.461. The molecule has 1 fully saturated rings. The molecule has 112 valence electrons. The van der Waals surface area contributed by atoms with Gasteiger partial charge in [0.1, 0.15) is 5.01 Å². The highest BCUT2D eigenvalue weighted by Gasteiger charge is 2.15. The van der Waals surface area contributed by atoms with Crippen molar-refractivity contribution in [1.82, 2.24) is 4.98 Å². The largest absolute Gasteiger partial charge is 0.381 e. The second-order valence-electron chi connectivity index (χ2n) is 5.22. The van der Waals surface area contributed by atoms with Crippen molar-refractivity contribution in [3.63, 3.8) is 0 Å². The van der Waals surface area contributed by atoms with E-state index < -0.39 is 0 Å². The number of nitrogens with zero attached hydrogens (tertiary/aromatic N) is 1. The second-order valence-corrected chi connectivity index (χ2v) is 6.35. The van der Waals surface area contributed by atoms with Gasteiger partial charge in [-0.25, -0.2) is 4.98 Å².